The second kappa shape index (κ2) is 9.51. The van der Waals surface area contributed by atoms with Gasteiger partial charge in [-0.1, -0.05) is 62.2 Å². The molecule has 1 aromatic rings. The van der Waals surface area contributed by atoms with E-state index in [-0.39, 0.29) is 29.5 Å². The third kappa shape index (κ3) is 4.58. The minimum Gasteiger partial charge on any atom is -0.508 e. The Kier molecular flexibility index (Phi) is 6.99. The SMILES string of the molecule is C=CCOC(C)(C)N1c2ccc(O)cc2C2C(C(=C)CCC)C#C/C=C\C#CC1C2C. The summed E-state index contributed by atoms with van der Waals surface area (Å²) in [6.07, 6.45) is 7.35. The quantitative estimate of drug-likeness (QED) is 0.452. The fraction of sp³-hybridized carbons (Fsp3) is 0.429. The summed E-state index contributed by atoms with van der Waals surface area (Å²) >= 11 is 0. The maximum Gasteiger partial charge on any atom is 0.136 e. The van der Waals surface area contributed by atoms with Crippen LogP contribution in [0.4, 0.5) is 5.69 Å². The van der Waals surface area contributed by atoms with Crippen LogP contribution < -0.4 is 4.90 Å². The standard InChI is InChI=1S/C28H33NO2/c1-7-13-20(3)23-14-11-9-10-12-15-25-21(4)27(23)24-19-22(30)16-17-26(24)29(25)28(5,6)31-18-8-2/h8-10,16-17,19,21,23,25,27,30H,2-3,7,13,18H2,1,4-6H3/b10-9-. The first kappa shape index (κ1) is 22.8. The number of allylic oxidation sites excluding steroid dienone is 3. The number of anilines is 1. The number of nitrogens with zero attached hydrogens (tertiary/aromatic N) is 1. The van der Waals surface area contributed by atoms with E-state index in [2.05, 4.69) is 69.4 Å². The van der Waals surface area contributed by atoms with Crippen LogP contribution in [0.2, 0.25) is 0 Å². The molecule has 4 atom stereocenters. The lowest BCUT2D eigenvalue weighted by Crippen LogP contribution is -2.57. The van der Waals surface area contributed by atoms with Crippen molar-refractivity contribution >= 4 is 5.69 Å². The normalized spacial score (nSPS) is 25.2. The van der Waals surface area contributed by atoms with Crippen LogP contribution in [0.5, 0.6) is 5.75 Å². The molecule has 1 aliphatic heterocycles. The Bertz CT molecular complexity index is 995. The Hall–Kier alpha value is -2.88. The molecule has 2 aliphatic rings. The van der Waals surface area contributed by atoms with Crippen molar-refractivity contribution in [2.75, 3.05) is 11.5 Å². The van der Waals surface area contributed by atoms with Crippen LogP contribution in [0.3, 0.4) is 0 Å². The van der Waals surface area contributed by atoms with E-state index in [4.69, 9.17) is 4.74 Å². The molecule has 4 unspecified atom stereocenters. The van der Waals surface area contributed by atoms with Crippen molar-refractivity contribution in [2.24, 2.45) is 11.8 Å². The van der Waals surface area contributed by atoms with Crippen molar-refractivity contribution in [3.05, 3.63) is 60.7 Å². The van der Waals surface area contributed by atoms with Crippen LogP contribution in [-0.2, 0) is 4.74 Å². The Morgan fingerprint density at radius 2 is 1.97 bits per heavy atom. The van der Waals surface area contributed by atoms with Crippen LogP contribution in [-0.4, -0.2) is 23.5 Å². The second-order valence-electron chi connectivity index (χ2n) is 8.79. The molecule has 0 fully saturated rings. The highest BCUT2D eigenvalue weighted by Gasteiger charge is 2.46. The fourth-order valence-corrected chi connectivity index (χ4v) is 4.81. The molecule has 0 amide bonds. The van der Waals surface area contributed by atoms with Gasteiger partial charge in [0, 0.05) is 17.5 Å². The zero-order valence-corrected chi connectivity index (χ0v) is 19.1. The third-order valence-electron chi connectivity index (χ3n) is 6.20. The zero-order chi connectivity index (χ0) is 22.6. The molecule has 1 N–H and O–H groups in total. The van der Waals surface area contributed by atoms with Gasteiger partial charge >= 0.3 is 0 Å². The topological polar surface area (TPSA) is 32.7 Å². The minimum atomic E-state index is -0.617. The summed E-state index contributed by atoms with van der Waals surface area (Å²) in [4.78, 5) is 2.25. The van der Waals surface area contributed by atoms with Gasteiger partial charge in [0.25, 0.3) is 0 Å². The number of ether oxygens (including phenoxy) is 1. The number of phenols is 1. The summed E-state index contributed by atoms with van der Waals surface area (Å²) in [6, 6.07) is 5.52. The Balaban J connectivity index is 2.26. The molecule has 0 saturated heterocycles. The largest absolute Gasteiger partial charge is 0.508 e. The van der Waals surface area contributed by atoms with Crippen molar-refractivity contribution in [3.8, 4) is 29.4 Å². The van der Waals surface area contributed by atoms with Crippen molar-refractivity contribution in [1.29, 1.82) is 0 Å². The van der Waals surface area contributed by atoms with Crippen LogP contribution in [0, 0.1) is 35.5 Å². The third-order valence-corrected chi connectivity index (χ3v) is 6.20. The van der Waals surface area contributed by atoms with Gasteiger partial charge in [-0.3, -0.25) is 0 Å². The highest BCUT2D eigenvalue weighted by atomic mass is 16.5. The molecule has 2 bridgehead atoms. The predicted molar refractivity (Wildman–Crippen MR) is 129 cm³/mol. The first-order chi connectivity index (χ1) is 14.8. The maximum absolute atomic E-state index is 10.4. The van der Waals surface area contributed by atoms with Gasteiger partial charge in [0.15, 0.2) is 0 Å². The van der Waals surface area contributed by atoms with Gasteiger partial charge in [-0.2, -0.15) is 0 Å². The summed E-state index contributed by atoms with van der Waals surface area (Å²) in [5.74, 6) is 13.8. The number of benzene rings is 1. The Labute approximate surface area is 187 Å². The van der Waals surface area contributed by atoms with Crippen LogP contribution in [0.25, 0.3) is 0 Å². The highest BCUT2D eigenvalue weighted by Crippen LogP contribution is 2.50. The molecular formula is C28H33NO2. The van der Waals surface area contributed by atoms with Crippen LogP contribution in [0.15, 0.2) is 55.2 Å². The van der Waals surface area contributed by atoms with Gasteiger partial charge in [-0.25, -0.2) is 0 Å². The first-order valence-corrected chi connectivity index (χ1v) is 11.0. The Morgan fingerprint density at radius 3 is 2.65 bits per heavy atom. The van der Waals surface area contributed by atoms with Gasteiger partial charge in [0.1, 0.15) is 11.5 Å². The fourth-order valence-electron chi connectivity index (χ4n) is 4.81. The average Bonchev–Trinajstić information content (AvgIpc) is 2.72. The molecule has 162 valence electrons. The summed E-state index contributed by atoms with van der Waals surface area (Å²) in [5.41, 5.74) is 2.61. The van der Waals surface area contributed by atoms with Crippen molar-refractivity contribution < 1.29 is 9.84 Å². The summed E-state index contributed by atoms with van der Waals surface area (Å²) in [5, 5.41) is 10.4. The Morgan fingerprint density at radius 1 is 1.26 bits per heavy atom. The summed E-state index contributed by atoms with van der Waals surface area (Å²) in [7, 11) is 0. The number of phenolic OH excluding ortho intramolecular Hbond substituents is 1. The molecule has 0 radical (unpaired) electrons. The van der Waals surface area contributed by atoms with Crippen LogP contribution >= 0.6 is 0 Å². The molecule has 3 rings (SSSR count). The lowest BCUT2D eigenvalue weighted by atomic mass is 9.68. The molecule has 31 heavy (non-hydrogen) atoms. The van der Waals surface area contributed by atoms with E-state index in [0.29, 0.717) is 6.61 Å². The molecule has 3 heteroatoms. The van der Waals surface area contributed by atoms with Crippen molar-refractivity contribution in [1.82, 2.24) is 0 Å². The van der Waals surface area contributed by atoms with Gasteiger partial charge in [-0.15, -0.1) is 6.58 Å². The molecule has 1 heterocycles. The molecule has 0 aromatic heterocycles. The molecular weight excluding hydrogens is 382 g/mol. The maximum atomic E-state index is 10.4. The summed E-state index contributed by atoms with van der Waals surface area (Å²) in [6.45, 7) is 17.2. The van der Waals surface area contributed by atoms with E-state index in [1.54, 1.807) is 12.1 Å². The molecule has 0 saturated carbocycles. The van der Waals surface area contributed by atoms with E-state index in [1.807, 2.05) is 24.3 Å². The number of rotatable bonds is 7. The van der Waals surface area contributed by atoms with Gasteiger partial charge < -0.3 is 14.7 Å². The second-order valence-corrected chi connectivity index (χ2v) is 8.79. The molecule has 0 spiro atoms. The van der Waals surface area contributed by atoms with Crippen molar-refractivity contribution in [3.63, 3.8) is 0 Å². The van der Waals surface area contributed by atoms with E-state index in [0.717, 1.165) is 29.7 Å². The van der Waals surface area contributed by atoms with E-state index in [1.165, 1.54) is 0 Å². The number of fused-ring (bicyclic) bond motifs is 4. The van der Waals surface area contributed by atoms with Crippen LogP contribution in [0.1, 0.15) is 52.0 Å². The molecule has 1 aromatic carbocycles. The number of hydrogen-bond donors (Lipinski definition) is 1. The smallest absolute Gasteiger partial charge is 0.136 e. The predicted octanol–water partition coefficient (Wildman–Crippen LogP) is 5.79. The zero-order valence-electron chi connectivity index (χ0n) is 19.1. The van der Waals surface area contributed by atoms with E-state index < -0.39 is 5.72 Å². The van der Waals surface area contributed by atoms with Gasteiger partial charge in [0.05, 0.1) is 12.6 Å². The van der Waals surface area contributed by atoms with E-state index >= 15 is 0 Å². The molecule has 3 nitrogen and oxygen atoms in total. The first-order valence-electron chi connectivity index (χ1n) is 11.0. The minimum absolute atomic E-state index is 0.0121. The van der Waals surface area contributed by atoms with Gasteiger partial charge in [-0.05, 0) is 62.1 Å². The number of hydrogen-bond acceptors (Lipinski definition) is 3. The lowest BCUT2D eigenvalue weighted by molar-refractivity contribution is -0.0120. The number of aromatic hydroxyl groups is 1. The lowest BCUT2D eigenvalue weighted by Gasteiger charge is -2.52. The average molecular weight is 416 g/mol. The van der Waals surface area contributed by atoms with E-state index in [9.17, 15) is 5.11 Å². The highest BCUT2D eigenvalue weighted by molar-refractivity contribution is 5.65. The van der Waals surface area contributed by atoms with Gasteiger partial charge in [0.2, 0.25) is 0 Å². The summed E-state index contributed by atoms with van der Waals surface area (Å²) < 4.78 is 6.20. The van der Waals surface area contributed by atoms with Crippen molar-refractivity contribution in [2.45, 2.75) is 58.2 Å². The molecule has 1 aliphatic carbocycles. The monoisotopic (exact) mass is 415 g/mol.